The summed E-state index contributed by atoms with van der Waals surface area (Å²) in [5.41, 5.74) is 0.763. The van der Waals surface area contributed by atoms with Crippen LogP contribution in [0.25, 0.3) is 0 Å². The van der Waals surface area contributed by atoms with E-state index < -0.39 is 11.9 Å². The molecule has 0 bridgehead atoms. The zero-order chi connectivity index (χ0) is 12.0. The van der Waals surface area contributed by atoms with Crippen LogP contribution in [0.2, 0.25) is 5.02 Å². The Labute approximate surface area is 99.4 Å². The smallest absolute Gasteiger partial charge is 0.317 e. The number of carbonyl (C=O) groups excluding carboxylic acids is 2. The SMILES string of the molecule is CC[CH]C(=O)OC(=O)Cc1ccc(Cl)cc1. The lowest BCUT2D eigenvalue weighted by atomic mass is 10.1. The summed E-state index contributed by atoms with van der Waals surface area (Å²) in [5.74, 6) is -1.15. The fourth-order valence-electron chi connectivity index (χ4n) is 1.13. The summed E-state index contributed by atoms with van der Waals surface area (Å²) in [7, 11) is 0. The van der Waals surface area contributed by atoms with Crippen LogP contribution in [0.4, 0.5) is 0 Å². The zero-order valence-corrected chi connectivity index (χ0v) is 9.66. The van der Waals surface area contributed by atoms with E-state index in [1.54, 1.807) is 31.2 Å². The molecule has 0 aliphatic carbocycles. The molecule has 0 atom stereocenters. The minimum atomic E-state index is -0.596. The Balaban J connectivity index is 2.45. The average molecular weight is 240 g/mol. The second kappa shape index (κ2) is 6.28. The van der Waals surface area contributed by atoms with E-state index >= 15 is 0 Å². The number of halogens is 1. The van der Waals surface area contributed by atoms with Gasteiger partial charge in [-0.1, -0.05) is 30.7 Å². The van der Waals surface area contributed by atoms with E-state index in [4.69, 9.17) is 11.6 Å². The third kappa shape index (κ3) is 4.45. The third-order valence-corrected chi connectivity index (χ3v) is 2.10. The monoisotopic (exact) mass is 239 g/mol. The van der Waals surface area contributed by atoms with Crippen molar-refractivity contribution in [1.29, 1.82) is 0 Å². The molecule has 0 saturated carbocycles. The van der Waals surface area contributed by atoms with E-state index in [2.05, 4.69) is 4.74 Å². The molecule has 0 fully saturated rings. The molecule has 16 heavy (non-hydrogen) atoms. The summed E-state index contributed by atoms with van der Waals surface area (Å²) >= 11 is 5.70. The summed E-state index contributed by atoms with van der Waals surface area (Å²) < 4.78 is 4.56. The van der Waals surface area contributed by atoms with E-state index in [1.165, 1.54) is 6.42 Å². The topological polar surface area (TPSA) is 43.4 Å². The van der Waals surface area contributed by atoms with Gasteiger partial charge >= 0.3 is 11.9 Å². The lowest BCUT2D eigenvalue weighted by Crippen LogP contribution is -2.14. The highest BCUT2D eigenvalue weighted by Gasteiger charge is 2.10. The maximum Gasteiger partial charge on any atom is 0.317 e. The highest BCUT2D eigenvalue weighted by molar-refractivity contribution is 6.30. The number of hydrogen-bond donors (Lipinski definition) is 0. The van der Waals surface area contributed by atoms with Gasteiger partial charge in [-0.25, -0.2) is 0 Å². The zero-order valence-electron chi connectivity index (χ0n) is 8.90. The molecule has 0 spiro atoms. The van der Waals surface area contributed by atoms with Crippen LogP contribution in [0.15, 0.2) is 24.3 Å². The van der Waals surface area contributed by atoms with Gasteiger partial charge in [0.15, 0.2) is 0 Å². The number of hydrogen-bond acceptors (Lipinski definition) is 3. The van der Waals surface area contributed by atoms with E-state index in [-0.39, 0.29) is 6.42 Å². The molecule has 3 nitrogen and oxygen atoms in total. The number of carbonyl (C=O) groups is 2. The standard InChI is InChI=1S/C12H12ClO3/c1-2-3-11(14)16-12(15)8-9-4-6-10(13)7-5-9/h3-7H,2,8H2,1H3. The fourth-order valence-corrected chi connectivity index (χ4v) is 1.25. The van der Waals surface area contributed by atoms with Crippen molar-refractivity contribution in [3.63, 3.8) is 0 Å². The maximum atomic E-state index is 11.3. The van der Waals surface area contributed by atoms with Gasteiger partial charge in [0.1, 0.15) is 0 Å². The molecule has 0 unspecified atom stereocenters. The van der Waals surface area contributed by atoms with Crippen LogP contribution < -0.4 is 0 Å². The maximum absolute atomic E-state index is 11.3. The summed E-state index contributed by atoms with van der Waals surface area (Å²) in [6.07, 6.45) is 1.94. The Kier molecular flexibility index (Phi) is 4.99. The summed E-state index contributed by atoms with van der Waals surface area (Å²) in [6, 6.07) is 6.81. The van der Waals surface area contributed by atoms with Crippen molar-refractivity contribution in [1.82, 2.24) is 0 Å². The molecule has 0 aliphatic heterocycles. The van der Waals surface area contributed by atoms with Crippen molar-refractivity contribution in [3.8, 4) is 0 Å². The largest absolute Gasteiger partial charge is 0.393 e. The Hall–Kier alpha value is -1.35. The van der Waals surface area contributed by atoms with Gasteiger partial charge in [0.25, 0.3) is 0 Å². The molecule has 0 heterocycles. The van der Waals surface area contributed by atoms with Crippen LogP contribution in [0.1, 0.15) is 18.9 Å². The highest BCUT2D eigenvalue weighted by atomic mass is 35.5. The summed E-state index contributed by atoms with van der Waals surface area (Å²) in [5, 5.41) is 0.604. The van der Waals surface area contributed by atoms with Crippen molar-refractivity contribution in [2.24, 2.45) is 0 Å². The van der Waals surface area contributed by atoms with Crippen molar-refractivity contribution in [3.05, 3.63) is 41.3 Å². The normalized spacial score (nSPS) is 9.88. The molecule has 1 aromatic rings. The van der Waals surface area contributed by atoms with Crippen LogP contribution >= 0.6 is 11.6 Å². The fraction of sp³-hybridized carbons (Fsp3) is 0.250. The summed E-state index contributed by atoms with van der Waals surface area (Å²) in [4.78, 5) is 22.3. The van der Waals surface area contributed by atoms with Crippen LogP contribution in [-0.2, 0) is 20.7 Å². The van der Waals surface area contributed by atoms with E-state index in [1.807, 2.05) is 0 Å². The first-order valence-corrected chi connectivity index (χ1v) is 5.32. The quantitative estimate of drug-likeness (QED) is 0.599. The van der Waals surface area contributed by atoms with Crippen LogP contribution in [0.5, 0.6) is 0 Å². The molecule has 85 valence electrons. The first-order valence-electron chi connectivity index (χ1n) is 4.94. The van der Waals surface area contributed by atoms with Crippen LogP contribution in [-0.4, -0.2) is 11.9 Å². The molecular formula is C12H12ClO3. The number of ether oxygens (including phenoxy) is 1. The molecular weight excluding hydrogens is 228 g/mol. The van der Waals surface area contributed by atoms with Crippen molar-refractivity contribution < 1.29 is 14.3 Å². The number of esters is 2. The Morgan fingerprint density at radius 2 is 1.94 bits per heavy atom. The predicted molar refractivity (Wildman–Crippen MR) is 60.8 cm³/mol. The third-order valence-electron chi connectivity index (χ3n) is 1.85. The van der Waals surface area contributed by atoms with Gasteiger partial charge in [-0.15, -0.1) is 0 Å². The lowest BCUT2D eigenvalue weighted by molar-refractivity contribution is -0.156. The molecule has 0 aromatic heterocycles. The first-order chi connectivity index (χ1) is 7.61. The van der Waals surface area contributed by atoms with Gasteiger partial charge in [0.05, 0.1) is 12.8 Å². The molecule has 0 saturated heterocycles. The van der Waals surface area contributed by atoms with Gasteiger partial charge < -0.3 is 4.74 Å². The van der Waals surface area contributed by atoms with Crippen LogP contribution in [0.3, 0.4) is 0 Å². The van der Waals surface area contributed by atoms with Crippen molar-refractivity contribution in [2.75, 3.05) is 0 Å². The molecule has 1 aromatic carbocycles. The van der Waals surface area contributed by atoms with Crippen LogP contribution in [0, 0.1) is 6.42 Å². The second-order valence-electron chi connectivity index (χ2n) is 3.21. The van der Waals surface area contributed by atoms with E-state index in [9.17, 15) is 9.59 Å². The van der Waals surface area contributed by atoms with Gasteiger partial charge in [-0.3, -0.25) is 9.59 Å². The number of benzene rings is 1. The molecule has 0 aliphatic rings. The molecule has 1 rings (SSSR count). The number of rotatable bonds is 4. The molecule has 4 heteroatoms. The first kappa shape index (κ1) is 12.7. The van der Waals surface area contributed by atoms with Crippen molar-refractivity contribution >= 4 is 23.5 Å². The predicted octanol–water partition coefficient (Wildman–Crippen LogP) is 2.57. The van der Waals surface area contributed by atoms with Gasteiger partial charge in [-0.05, 0) is 24.1 Å². The molecule has 1 radical (unpaired) electrons. The van der Waals surface area contributed by atoms with Gasteiger partial charge in [0.2, 0.25) is 0 Å². The molecule has 0 amide bonds. The summed E-state index contributed by atoms with van der Waals surface area (Å²) in [6.45, 7) is 1.80. The van der Waals surface area contributed by atoms with E-state index in [0.29, 0.717) is 11.4 Å². The van der Waals surface area contributed by atoms with E-state index in [0.717, 1.165) is 5.56 Å². The Morgan fingerprint density at radius 1 is 1.31 bits per heavy atom. The average Bonchev–Trinajstić information content (AvgIpc) is 2.21. The second-order valence-corrected chi connectivity index (χ2v) is 3.65. The minimum Gasteiger partial charge on any atom is -0.393 e. The van der Waals surface area contributed by atoms with Crippen molar-refractivity contribution in [2.45, 2.75) is 19.8 Å². The highest BCUT2D eigenvalue weighted by Crippen LogP contribution is 2.10. The van der Waals surface area contributed by atoms with Gasteiger partial charge in [-0.2, -0.15) is 0 Å². The Morgan fingerprint density at radius 3 is 2.50 bits per heavy atom. The molecule has 0 N–H and O–H groups in total. The lowest BCUT2D eigenvalue weighted by Gasteiger charge is -2.02. The Bertz CT molecular complexity index is 370. The van der Waals surface area contributed by atoms with Gasteiger partial charge in [0, 0.05) is 5.02 Å². The minimum absolute atomic E-state index is 0.0699.